The van der Waals surface area contributed by atoms with Crippen LogP contribution in [0.2, 0.25) is 0 Å². The minimum absolute atomic E-state index is 0. The van der Waals surface area contributed by atoms with Crippen LogP contribution in [0.1, 0.15) is 11.3 Å². The zero-order chi connectivity index (χ0) is 74.2. The van der Waals surface area contributed by atoms with Gasteiger partial charge in [0.1, 0.15) is 0 Å². The van der Waals surface area contributed by atoms with E-state index in [0.29, 0.717) is 37.7 Å². The molecule has 0 radical (unpaired) electrons. The SMILES string of the molecule is II.O.O.O.O.O=C[CH-]C=O.O=C[CH-]O[CH-]C=O.OCc1ccccc1.[CH-]=O.[CH2-]C=O.[CH2-]C=O.[Ca+2].[Ca+2].[Ca+2].[Ca+2].[Ca+2].[Ca+2].[Ca+2].[Cl-].[Cl-].[H-].[H-].[H-].[H-].c1ccc(-c2ccccc2)cc1.c1ccc(-c2ccccc2)cc1.c1ccc(-c2ccccc2)cc1.c1ccc(-c2ccccc2)cc1.c1ccc(-c2ccccc2)cc1.c1ccc(-c2ccccc2)cc1. The molecule has 13 aromatic rings. The van der Waals surface area contributed by atoms with Gasteiger partial charge in [0.15, 0.2) is 0 Å². The summed E-state index contributed by atoms with van der Waals surface area (Å²) in [4.78, 5) is 62.1. The fourth-order valence-corrected chi connectivity index (χ4v) is 8.29. The van der Waals surface area contributed by atoms with Crippen LogP contribution in [-0.2, 0) is 44.9 Å². The zero-order valence-corrected chi connectivity index (χ0v) is 85.4. The molecular formula is C91H94Ca7Cl2I2O13+2. The molecule has 0 unspecified atom stereocenters. The first-order valence-electron chi connectivity index (χ1n) is 31.4. The number of benzene rings is 13. The molecule has 0 aromatic heterocycles. The molecule has 13 rings (SSSR count). The maximum atomic E-state index is 9.36. The van der Waals surface area contributed by atoms with E-state index >= 15 is 0 Å². The Hall–Kier alpha value is -2.48. The van der Waals surface area contributed by atoms with E-state index < -0.39 is 0 Å². The number of rotatable bonds is 13. The normalized spacial score (nSPS) is 7.64. The van der Waals surface area contributed by atoms with Crippen molar-refractivity contribution in [2.45, 2.75) is 6.61 Å². The molecule has 0 fully saturated rings. The molecule has 0 saturated heterocycles. The molecular weight excluding hydrogens is 1910 g/mol. The molecule has 0 atom stereocenters. The molecule has 0 aliphatic heterocycles. The van der Waals surface area contributed by atoms with Gasteiger partial charge in [-0.15, -0.1) is 0 Å². The number of hydrogen-bond donors (Lipinski definition) is 1. The van der Waals surface area contributed by atoms with Gasteiger partial charge >= 0.3 is 264 Å². The van der Waals surface area contributed by atoms with E-state index in [0.717, 1.165) is 25.2 Å². The number of aldehydes is 6. The number of ether oxygens (including phenoxy) is 1. The molecule has 0 bridgehead atoms. The van der Waals surface area contributed by atoms with Crippen molar-refractivity contribution in [1.82, 2.24) is 0 Å². The van der Waals surface area contributed by atoms with Crippen LogP contribution >= 0.6 is 37.2 Å². The Morgan fingerprint density at radius 3 is 0.435 bits per heavy atom. The predicted octanol–water partition coefficient (Wildman–Crippen LogP) is 10.6. The summed E-state index contributed by atoms with van der Waals surface area (Å²) in [6.07, 6.45) is 3.65. The first-order chi connectivity index (χ1) is 50.4. The molecule has 13 nitrogen and oxygen atoms in total. The molecule has 0 spiro atoms. The molecule has 115 heavy (non-hydrogen) atoms. The molecule has 0 aliphatic rings. The minimum atomic E-state index is 0. The fourth-order valence-electron chi connectivity index (χ4n) is 8.29. The van der Waals surface area contributed by atoms with Crippen LogP contribution in [0.3, 0.4) is 0 Å². The topological polar surface area (TPSA) is 275 Å². The third-order valence-electron chi connectivity index (χ3n) is 12.7. The smallest absolute Gasteiger partial charge is 1.00 e. The molecule has 13 aromatic carbocycles. The quantitative estimate of drug-likeness (QED) is 0.0286. The van der Waals surface area contributed by atoms with Crippen LogP contribution in [0.25, 0.3) is 66.8 Å². The van der Waals surface area contributed by atoms with E-state index in [9.17, 15) is 9.59 Å². The van der Waals surface area contributed by atoms with E-state index in [2.05, 4.69) is 354 Å². The fraction of sp³-hybridized carbons (Fsp3) is 0.0110. The number of halogens is 4. The van der Waals surface area contributed by atoms with Crippen molar-refractivity contribution >= 4 is 346 Å². The average molecular weight is 2000 g/mol. The van der Waals surface area contributed by atoms with Crippen molar-refractivity contribution < 1.29 is 95.8 Å². The second-order valence-electron chi connectivity index (χ2n) is 19.5. The van der Waals surface area contributed by atoms with Crippen LogP contribution < -0.4 is 24.8 Å². The summed E-state index contributed by atoms with van der Waals surface area (Å²) >= 11 is 4.24. The van der Waals surface area contributed by atoms with Crippen molar-refractivity contribution in [3.63, 3.8) is 0 Å². The van der Waals surface area contributed by atoms with Crippen LogP contribution in [0, 0.1) is 33.5 Å². The Labute approximate surface area is 932 Å². The average Bonchev–Trinajstić information content (AvgIpc) is 0.924. The van der Waals surface area contributed by atoms with Crippen LogP contribution in [0.4, 0.5) is 0 Å². The zero-order valence-electron chi connectivity index (χ0n) is 68.1. The van der Waals surface area contributed by atoms with Gasteiger partial charge in [0.2, 0.25) is 0 Å². The molecule has 0 aliphatic carbocycles. The first kappa shape index (κ1) is 141. The standard InChI is InChI=1S/6C12H10.C7H8O.C4H4O3.C3H3O2.2C2H3O.CHO.7Ca.2ClH.I2.4H2O.4H/c6*1-3-7-11(8-4-1)12-9-5-2-6-10-12;8-6-7-4-2-1-3-5-7;5-1-3-7-4-2-6;4-2-1-3-5;2*1-2-3;1-2;;;;;;;;;;1-2;;;;;;;;/h6*1-10H;1-5,8H,6H2;1-4H;1-3H;2*2H,1H2;1H;;;;;;;;2*1H;;4*1H2;;;;/q;;;;;;;-2;4*-1;7*+2;;;;;;;;4*-1/p-2. The summed E-state index contributed by atoms with van der Waals surface area (Å²) in [5.41, 5.74) is 16.3. The summed E-state index contributed by atoms with van der Waals surface area (Å²) in [5, 5.41) is 8.54. The van der Waals surface area contributed by atoms with Gasteiger partial charge < -0.3 is 110 Å². The second kappa shape index (κ2) is 108. The van der Waals surface area contributed by atoms with Gasteiger partial charge in [-0.1, -0.05) is 394 Å². The third-order valence-corrected chi connectivity index (χ3v) is 12.7. The van der Waals surface area contributed by atoms with Gasteiger partial charge in [-0.05, 0) is 97.5 Å². The Morgan fingerprint density at radius 1 is 0.261 bits per heavy atom. The Balaban J connectivity index is -0.0000000640. The summed E-state index contributed by atoms with van der Waals surface area (Å²) in [6, 6.07) is 134. The van der Waals surface area contributed by atoms with Gasteiger partial charge in [0, 0.05) is 49.8 Å². The number of hydrogen-bond acceptors (Lipinski definition) is 9. The van der Waals surface area contributed by atoms with Gasteiger partial charge in [0.05, 0.1) is 6.61 Å². The van der Waals surface area contributed by atoms with Crippen molar-refractivity contribution in [3.8, 4) is 66.8 Å². The Bertz CT molecular complexity index is 3260. The first-order valence-corrected chi connectivity index (χ1v) is 37.7. The Morgan fingerprint density at radius 2 is 0.365 bits per heavy atom. The van der Waals surface area contributed by atoms with Crippen LogP contribution in [0.5, 0.6) is 0 Å². The van der Waals surface area contributed by atoms with Crippen molar-refractivity contribution in [3.05, 3.63) is 433 Å². The molecule has 576 valence electrons. The van der Waals surface area contributed by atoms with Gasteiger partial charge in [-0.3, -0.25) is 13.2 Å². The van der Waals surface area contributed by atoms with Crippen LogP contribution in [-0.4, -0.2) is 336 Å². The molecule has 0 amide bonds. The summed E-state index contributed by atoms with van der Waals surface area (Å²) in [7, 11) is 0. The van der Waals surface area contributed by atoms with Crippen molar-refractivity contribution in [2.75, 3.05) is 0 Å². The van der Waals surface area contributed by atoms with Crippen molar-refractivity contribution in [2.24, 2.45) is 0 Å². The summed E-state index contributed by atoms with van der Waals surface area (Å²) in [5.74, 6) is 0. The van der Waals surface area contributed by atoms with Crippen LogP contribution in [0.15, 0.2) is 394 Å². The number of aliphatic hydroxyl groups excluding tert-OH is 1. The van der Waals surface area contributed by atoms with E-state index in [4.69, 9.17) is 29.1 Å². The monoisotopic (exact) mass is 2000 g/mol. The minimum Gasteiger partial charge on any atom is -1.00 e. The molecule has 0 saturated carbocycles. The third kappa shape index (κ3) is 75.0. The number of carbonyl (C=O) groups is 6. The predicted molar refractivity (Wildman–Crippen MR) is 499 cm³/mol. The molecule has 24 heteroatoms. The van der Waals surface area contributed by atoms with E-state index in [1.54, 1.807) is 0 Å². The maximum Gasteiger partial charge on any atom is 2.00 e. The van der Waals surface area contributed by atoms with E-state index in [1.165, 1.54) is 66.8 Å². The summed E-state index contributed by atoms with van der Waals surface area (Å²) < 4.78 is 4.15. The van der Waals surface area contributed by atoms with Gasteiger partial charge in [-0.25, -0.2) is 13.2 Å². The van der Waals surface area contributed by atoms with Crippen molar-refractivity contribution in [1.29, 1.82) is 0 Å². The molecule has 9 N–H and O–H groups in total. The molecule has 0 heterocycles. The number of aliphatic hydroxyl groups is 1. The van der Waals surface area contributed by atoms with E-state index in [1.807, 2.05) is 103 Å². The Kier molecular flexibility index (Phi) is 132. The van der Waals surface area contributed by atoms with Gasteiger partial charge in [-0.2, -0.15) is 0 Å². The van der Waals surface area contributed by atoms with E-state index in [-0.39, 0.29) is 323 Å². The van der Waals surface area contributed by atoms with Gasteiger partial charge in [0.25, 0.3) is 0 Å². The number of carbonyl (C=O) groups excluding carboxylic acids is 7. The second-order valence-corrected chi connectivity index (χ2v) is 19.5. The largest absolute Gasteiger partial charge is 2.00 e. The summed E-state index contributed by atoms with van der Waals surface area (Å²) in [6.45, 7) is 10.7. The maximum absolute atomic E-state index is 9.36.